The van der Waals surface area contributed by atoms with E-state index in [1.807, 2.05) is 12.3 Å². The first-order valence-corrected chi connectivity index (χ1v) is 9.96. The molecule has 1 amide bonds. The number of aliphatic imine (C=N–C) groups is 1. The van der Waals surface area contributed by atoms with Gasteiger partial charge in [-0.25, -0.2) is 4.98 Å². The Morgan fingerprint density at radius 2 is 2.15 bits per heavy atom. The summed E-state index contributed by atoms with van der Waals surface area (Å²) in [4.78, 5) is 22.4. The van der Waals surface area contributed by atoms with Crippen molar-refractivity contribution in [1.82, 2.24) is 15.6 Å². The van der Waals surface area contributed by atoms with Crippen LogP contribution in [0.25, 0.3) is 0 Å². The van der Waals surface area contributed by atoms with Crippen LogP contribution in [-0.2, 0) is 11.3 Å². The molecule has 26 heavy (non-hydrogen) atoms. The van der Waals surface area contributed by atoms with Gasteiger partial charge < -0.3 is 21.3 Å². The largest absolute Gasteiger partial charge is 0.369 e. The first-order chi connectivity index (χ1) is 12.2. The van der Waals surface area contributed by atoms with Crippen molar-refractivity contribution in [2.75, 3.05) is 43.6 Å². The van der Waals surface area contributed by atoms with Gasteiger partial charge in [-0.3, -0.25) is 9.79 Å². The van der Waals surface area contributed by atoms with Crippen LogP contribution in [0.3, 0.4) is 0 Å². The van der Waals surface area contributed by atoms with E-state index in [0.717, 1.165) is 55.6 Å². The van der Waals surface area contributed by atoms with Crippen LogP contribution in [-0.4, -0.2) is 55.5 Å². The fourth-order valence-corrected chi connectivity index (χ4v) is 3.21. The van der Waals surface area contributed by atoms with Gasteiger partial charge in [0.05, 0.1) is 0 Å². The molecule has 0 radical (unpaired) electrons. The maximum Gasteiger partial charge on any atom is 0.220 e. The molecule has 4 N–H and O–H groups in total. The number of piperidine rings is 1. The van der Waals surface area contributed by atoms with Crippen LogP contribution < -0.4 is 21.3 Å². The Bertz CT molecular complexity index is 592. The molecule has 0 aliphatic carbocycles. The molecule has 2 rings (SSSR count). The predicted octanol–water partition coefficient (Wildman–Crippen LogP) is 1.43. The van der Waals surface area contributed by atoms with Crippen molar-refractivity contribution in [3.8, 4) is 0 Å². The van der Waals surface area contributed by atoms with E-state index in [-0.39, 0.29) is 35.8 Å². The monoisotopic (exact) mass is 492 g/mol. The second-order valence-electron chi connectivity index (χ2n) is 6.00. The molecule has 0 saturated carbocycles. The van der Waals surface area contributed by atoms with Gasteiger partial charge in [-0.05, 0) is 25.2 Å². The van der Waals surface area contributed by atoms with Crippen molar-refractivity contribution in [2.24, 2.45) is 16.6 Å². The molecule has 1 aliphatic heterocycles. The summed E-state index contributed by atoms with van der Waals surface area (Å²) in [6, 6.07) is 4.02. The lowest BCUT2D eigenvalue weighted by Gasteiger charge is -2.32. The van der Waals surface area contributed by atoms with Gasteiger partial charge in [-0.2, -0.15) is 11.8 Å². The van der Waals surface area contributed by atoms with E-state index in [1.54, 1.807) is 18.8 Å². The van der Waals surface area contributed by atoms with E-state index in [1.165, 1.54) is 0 Å². The van der Waals surface area contributed by atoms with Crippen LogP contribution in [0.1, 0.15) is 18.4 Å². The fraction of sp³-hybridized carbons (Fsp3) is 0.588. The number of hydrogen-bond donors (Lipinski definition) is 3. The zero-order chi connectivity index (χ0) is 18.1. The van der Waals surface area contributed by atoms with Gasteiger partial charge in [0, 0.05) is 56.7 Å². The maximum atomic E-state index is 11.3. The van der Waals surface area contributed by atoms with Crippen molar-refractivity contribution in [3.63, 3.8) is 0 Å². The average molecular weight is 492 g/mol. The first-order valence-electron chi connectivity index (χ1n) is 8.57. The number of nitrogens with zero attached hydrogens (tertiary/aromatic N) is 3. The smallest absolute Gasteiger partial charge is 0.220 e. The van der Waals surface area contributed by atoms with Crippen molar-refractivity contribution in [1.29, 1.82) is 0 Å². The summed E-state index contributed by atoms with van der Waals surface area (Å²) < 4.78 is 0. The molecular weight excluding hydrogens is 463 g/mol. The van der Waals surface area contributed by atoms with Gasteiger partial charge in [0.25, 0.3) is 0 Å². The van der Waals surface area contributed by atoms with Gasteiger partial charge in [-0.15, -0.1) is 24.0 Å². The second-order valence-corrected chi connectivity index (χ2v) is 6.98. The van der Waals surface area contributed by atoms with Gasteiger partial charge >= 0.3 is 0 Å². The molecule has 9 heteroatoms. The molecule has 0 spiro atoms. The summed E-state index contributed by atoms with van der Waals surface area (Å²) in [5.41, 5.74) is 6.54. The van der Waals surface area contributed by atoms with E-state index in [9.17, 15) is 4.79 Å². The fourth-order valence-electron chi connectivity index (χ4n) is 2.90. The number of nitrogens with two attached hydrogens (primary N) is 1. The lowest BCUT2D eigenvalue weighted by atomic mass is 9.96. The van der Waals surface area contributed by atoms with E-state index >= 15 is 0 Å². The van der Waals surface area contributed by atoms with Gasteiger partial charge in [0.1, 0.15) is 5.82 Å². The van der Waals surface area contributed by atoms with Gasteiger partial charge in [-0.1, -0.05) is 6.07 Å². The van der Waals surface area contributed by atoms with Gasteiger partial charge in [0.15, 0.2) is 5.96 Å². The second kappa shape index (κ2) is 12.2. The van der Waals surface area contributed by atoms with Crippen LogP contribution >= 0.6 is 35.7 Å². The maximum absolute atomic E-state index is 11.3. The Kier molecular flexibility index (Phi) is 10.7. The number of nitrogens with one attached hydrogen (secondary N) is 2. The minimum Gasteiger partial charge on any atom is -0.369 e. The highest BCUT2D eigenvalue weighted by molar-refractivity contribution is 14.0. The zero-order valence-corrected chi connectivity index (χ0v) is 18.5. The highest BCUT2D eigenvalue weighted by atomic mass is 127. The van der Waals surface area contributed by atoms with E-state index in [4.69, 9.17) is 5.73 Å². The number of carbonyl (C=O) groups excluding carboxylic acids is 1. The normalized spacial score (nSPS) is 15.3. The van der Waals surface area contributed by atoms with Crippen LogP contribution in [0.5, 0.6) is 0 Å². The third-order valence-corrected chi connectivity index (χ3v) is 4.95. The Labute approximate surface area is 177 Å². The number of halogens is 1. The number of anilines is 1. The molecule has 0 bridgehead atoms. The molecule has 0 aromatic carbocycles. The lowest BCUT2D eigenvalue weighted by Crippen LogP contribution is -2.40. The van der Waals surface area contributed by atoms with Crippen LogP contribution in [0.2, 0.25) is 0 Å². The third kappa shape index (κ3) is 6.82. The van der Waals surface area contributed by atoms with E-state index < -0.39 is 0 Å². The highest BCUT2D eigenvalue weighted by Gasteiger charge is 2.24. The standard InChI is InChI=1S/C17H28N6OS.HI/c1-19-17(21-8-11-25-2)22-12-14-4-3-7-20-16(14)23-9-5-13(6-10-23)15(18)24;/h3-4,7,13H,5-6,8-12H2,1-2H3,(H2,18,24)(H2,19,21,22);1H. The molecule has 0 unspecified atom stereocenters. The molecule has 146 valence electrons. The van der Waals surface area contributed by atoms with Crippen molar-refractivity contribution in [3.05, 3.63) is 23.9 Å². The molecule has 1 saturated heterocycles. The minimum atomic E-state index is -0.192. The third-order valence-electron chi connectivity index (χ3n) is 4.33. The lowest BCUT2D eigenvalue weighted by molar-refractivity contribution is -0.122. The van der Waals surface area contributed by atoms with Crippen molar-refractivity contribution in [2.45, 2.75) is 19.4 Å². The van der Waals surface area contributed by atoms with E-state index in [2.05, 4.69) is 37.8 Å². The Hall–Kier alpha value is -1.23. The number of primary amides is 1. The summed E-state index contributed by atoms with van der Waals surface area (Å²) >= 11 is 1.80. The molecule has 2 heterocycles. The van der Waals surface area contributed by atoms with Crippen molar-refractivity contribution >= 4 is 53.4 Å². The summed E-state index contributed by atoms with van der Waals surface area (Å²) in [5, 5.41) is 6.63. The number of carbonyl (C=O) groups is 1. The summed E-state index contributed by atoms with van der Waals surface area (Å²) in [6.07, 6.45) is 5.47. The zero-order valence-electron chi connectivity index (χ0n) is 15.4. The minimum absolute atomic E-state index is 0. The molecule has 1 aromatic heterocycles. The molecule has 1 aliphatic rings. The highest BCUT2D eigenvalue weighted by Crippen LogP contribution is 2.24. The molecule has 1 aromatic rings. The quantitative estimate of drug-likeness (QED) is 0.231. The topological polar surface area (TPSA) is 95.6 Å². The molecule has 7 nitrogen and oxygen atoms in total. The van der Waals surface area contributed by atoms with E-state index in [0.29, 0.717) is 6.54 Å². The SMILES string of the molecule is CN=C(NCCSC)NCc1cccnc1N1CCC(C(N)=O)CC1.I. The van der Waals surface area contributed by atoms with Crippen LogP contribution in [0.4, 0.5) is 5.82 Å². The number of amides is 1. The Morgan fingerprint density at radius 1 is 1.42 bits per heavy atom. The average Bonchev–Trinajstić information content (AvgIpc) is 2.65. The van der Waals surface area contributed by atoms with Crippen molar-refractivity contribution < 1.29 is 4.79 Å². The summed E-state index contributed by atoms with van der Waals surface area (Å²) in [6.45, 7) is 3.13. The van der Waals surface area contributed by atoms with Crippen LogP contribution in [0.15, 0.2) is 23.3 Å². The Balaban J connectivity index is 0.00000338. The summed E-state index contributed by atoms with van der Waals surface area (Å²) in [7, 11) is 1.77. The molecule has 0 atom stereocenters. The number of guanidine groups is 1. The van der Waals surface area contributed by atoms with Crippen LogP contribution in [0, 0.1) is 5.92 Å². The van der Waals surface area contributed by atoms with Gasteiger partial charge in [0.2, 0.25) is 5.91 Å². The number of aromatic nitrogens is 1. The first kappa shape index (κ1) is 22.8. The number of hydrogen-bond acceptors (Lipinski definition) is 5. The molecular formula is C17H29IN6OS. The predicted molar refractivity (Wildman–Crippen MR) is 120 cm³/mol. The Morgan fingerprint density at radius 3 is 2.77 bits per heavy atom. The molecule has 1 fully saturated rings. The number of pyridine rings is 1. The summed E-state index contributed by atoms with van der Waals surface area (Å²) in [5.74, 6) is 2.59. The number of rotatable bonds is 7. The number of thioether (sulfide) groups is 1.